The minimum Gasteiger partial charge on any atom is -0.439 e. The highest BCUT2D eigenvalue weighted by Crippen LogP contribution is 2.43. The van der Waals surface area contributed by atoms with E-state index in [9.17, 15) is 15.2 Å². The van der Waals surface area contributed by atoms with Crippen molar-refractivity contribution in [1.29, 1.82) is 0 Å². The standard InChI is InChI=1S/C12H9BrClNO4S/c1-6(16)11-5-9(15(17)18)12(20-11)19-10-3-2-7(14)4-8(10)13/h2-6,16H,1H3/t6-/m1/s1. The van der Waals surface area contributed by atoms with Gasteiger partial charge >= 0.3 is 5.69 Å². The summed E-state index contributed by atoms with van der Waals surface area (Å²) in [7, 11) is 0. The van der Waals surface area contributed by atoms with Crippen molar-refractivity contribution in [3.05, 3.63) is 48.8 Å². The third-order valence-corrected chi connectivity index (χ3v) is 4.43. The highest BCUT2D eigenvalue weighted by atomic mass is 79.9. The van der Waals surface area contributed by atoms with Gasteiger partial charge in [0.1, 0.15) is 5.75 Å². The number of rotatable bonds is 4. The Morgan fingerprint density at radius 2 is 2.20 bits per heavy atom. The lowest BCUT2D eigenvalue weighted by Crippen LogP contribution is -1.90. The predicted octanol–water partition coefficient (Wildman–Crippen LogP) is 4.92. The van der Waals surface area contributed by atoms with E-state index in [0.717, 1.165) is 11.3 Å². The number of benzene rings is 1. The first kappa shape index (κ1) is 15.2. The number of thiophene rings is 1. The minimum atomic E-state index is -0.787. The quantitative estimate of drug-likeness (QED) is 0.605. The van der Waals surface area contributed by atoms with Gasteiger partial charge in [-0.1, -0.05) is 22.9 Å². The van der Waals surface area contributed by atoms with E-state index in [4.69, 9.17) is 16.3 Å². The molecule has 8 heteroatoms. The number of hydrogen-bond acceptors (Lipinski definition) is 5. The summed E-state index contributed by atoms with van der Waals surface area (Å²) in [6, 6.07) is 6.18. The van der Waals surface area contributed by atoms with Gasteiger partial charge in [-0.15, -0.1) is 0 Å². The molecule has 1 atom stereocenters. The van der Waals surface area contributed by atoms with Crippen LogP contribution in [0.2, 0.25) is 5.02 Å². The van der Waals surface area contributed by atoms with Crippen molar-refractivity contribution >= 4 is 44.6 Å². The zero-order valence-electron chi connectivity index (χ0n) is 10.2. The van der Waals surface area contributed by atoms with Gasteiger partial charge in [-0.05, 0) is 41.1 Å². The largest absolute Gasteiger partial charge is 0.439 e. The molecule has 0 aliphatic heterocycles. The van der Waals surface area contributed by atoms with Crippen LogP contribution in [0.5, 0.6) is 10.8 Å². The Labute approximate surface area is 132 Å². The summed E-state index contributed by atoms with van der Waals surface area (Å²) < 4.78 is 6.14. The first-order valence-corrected chi connectivity index (χ1v) is 7.46. The fourth-order valence-electron chi connectivity index (χ4n) is 1.45. The van der Waals surface area contributed by atoms with E-state index in [1.807, 2.05) is 0 Å². The zero-order valence-corrected chi connectivity index (χ0v) is 13.3. The Hall–Kier alpha value is -1.15. The van der Waals surface area contributed by atoms with E-state index < -0.39 is 11.0 Å². The molecule has 0 bridgehead atoms. The molecule has 0 aliphatic carbocycles. The first-order valence-electron chi connectivity index (χ1n) is 5.47. The fraction of sp³-hybridized carbons (Fsp3) is 0.167. The van der Waals surface area contributed by atoms with Crippen molar-refractivity contribution < 1.29 is 14.8 Å². The van der Waals surface area contributed by atoms with Gasteiger partial charge in [0, 0.05) is 16.0 Å². The van der Waals surface area contributed by atoms with Crippen molar-refractivity contribution in [2.45, 2.75) is 13.0 Å². The summed E-state index contributed by atoms with van der Waals surface area (Å²) in [6.45, 7) is 1.54. The molecule has 1 aromatic carbocycles. The molecule has 0 saturated carbocycles. The van der Waals surface area contributed by atoms with Crippen LogP contribution in [0.1, 0.15) is 17.9 Å². The van der Waals surface area contributed by atoms with Gasteiger partial charge in [0.2, 0.25) is 0 Å². The van der Waals surface area contributed by atoms with Crippen LogP contribution in [0.3, 0.4) is 0 Å². The maximum absolute atomic E-state index is 11.0. The molecule has 1 N–H and O–H groups in total. The topological polar surface area (TPSA) is 72.6 Å². The second kappa shape index (κ2) is 6.09. The molecule has 5 nitrogen and oxygen atoms in total. The Balaban J connectivity index is 2.39. The van der Waals surface area contributed by atoms with Crippen LogP contribution in [0, 0.1) is 10.1 Å². The van der Waals surface area contributed by atoms with E-state index in [0.29, 0.717) is 20.1 Å². The second-order valence-corrected chi connectivity index (χ2v) is 6.27. The number of hydrogen-bond donors (Lipinski definition) is 1. The summed E-state index contributed by atoms with van der Waals surface area (Å²) in [5.74, 6) is 0.413. The van der Waals surface area contributed by atoms with Crippen molar-refractivity contribution in [3.63, 3.8) is 0 Å². The lowest BCUT2D eigenvalue weighted by molar-refractivity contribution is -0.385. The monoisotopic (exact) mass is 377 g/mol. The lowest BCUT2D eigenvalue weighted by Gasteiger charge is -2.05. The average molecular weight is 379 g/mol. The van der Waals surface area contributed by atoms with E-state index >= 15 is 0 Å². The molecular weight excluding hydrogens is 370 g/mol. The van der Waals surface area contributed by atoms with Crippen LogP contribution >= 0.6 is 38.9 Å². The van der Waals surface area contributed by atoms with Crippen molar-refractivity contribution in [2.75, 3.05) is 0 Å². The number of aliphatic hydroxyl groups excluding tert-OH is 1. The smallest absolute Gasteiger partial charge is 0.323 e. The van der Waals surface area contributed by atoms with Gasteiger partial charge in [-0.3, -0.25) is 10.1 Å². The van der Waals surface area contributed by atoms with Crippen LogP contribution in [-0.4, -0.2) is 10.0 Å². The van der Waals surface area contributed by atoms with Crippen LogP contribution in [0.15, 0.2) is 28.7 Å². The molecule has 0 radical (unpaired) electrons. The number of halogens is 2. The first-order chi connectivity index (χ1) is 9.38. The normalized spacial score (nSPS) is 12.2. The number of aliphatic hydroxyl groups is 1. The molecule has 0 spiro atoms. The van der Waals surface area contributed by atoms with Crippen LogP contribution in [-0.2, 0) is 0 Å². The maximum Gasteiger partial charge on any atom is 0.323 e. The third kappa shape index (κ3) is 3.29. The number of nitro groups is 1. The molecule has 0 amide bonds. The average Bonchev–Trinajstić information content (AvgIpc) is 2.77. The number of nitrogens with zero attached hydrogens (tertiary/aromatic N) is 1. The van der Waals surface area contributed by atoms with Gasteiger partial charge in [0.15, 0.2) is 0 Å². The summed E-state index contributed by atoms with van der Waals surface area (Å²) in [6.07, 6.45) is -0.787. The highest BCUT2D eigenvalue weighted by Gasteiger charge is 2.23. The molecule has 0 aliphatic rings. The van der Waals surface area contributed by atoms with Crippen LogP contribution < -0.4 is 4.74 Å². The van der Waals surface area contributed by atoms with E-state index in [1.54, 1.807) is 18.2 Å². The van der Waals surface area contributed by atoms with E-state index in [-0.39, 0.29) is 10.8 Å². The highest BCUT2D eigenvalue weighted by molar-refractivity contribution is 9.10. The Bertz CT molecular complexity index is 659. The summed E-state index contributed by atoms with van der Waals surface area (Å²) in [5.41, 5.74) is -0.173. The Morgan fingerprint density at radius 1 is 1.50 bits per heavy atom. The molecule has 2 aromatic rings. The van der Waals surface area contributed by atoms with Gasteiger partial charge in [0.25, 0.3) is 5.06 Å². The van der Waals surface area contributed by atoms with Gasteiger partial charge in [0.05, 0.1) is 15.5 Å². The fourth-order valence-corrected chi connectivity index (χ4v) is 3.13. The SMILES string of the molecule is C[C@@H](O)c1cc([N+](=O)[O-])c(Oc2ccc(Cl)cc2Br)s1. The Kier molecular flexibility index (Phi) is 4.64. The third-order valence-electron chi connectivity index (χ3n) is 2.40. The summed E-state index contributed by atoms with van der Waals surface area (Å²) in [4.78, 5) is 10.9. The summed E-state index contributed by atoms with van der Waals surface area (Å²) in [5, 5.41) is 21.2. The van der Waals surface area contributed by atoms with Crippen LogP contribution in [0.25, 0.3) is 0 Å². The molecule has 0 saturated heterocycles. The molecular formula is C12H9BrClNO4S. The zero-order chi connectivity index (χ0) is 14.9. The van der Waals surface area contributed by atoms with Crippen LogP contribution in [0.4, 0.5) is 5.69 Å². The minimum absolute atomic E-state index is 0.119. The van der Waals surface area contributed by atoms with E-state index in [1.165, 1.54) is 13.0 Å². The van der Waals surface area contributed by atoms with Gasteiger partial charge in [-0.2, -0.15) is 0 Å². The van der Waals surface area contributed by atoms with Crippen molar-refractivity contribution in [1.82, 2.24) is 0 Å². The van der Waals surface area contributed by atoms with Crippen molar-refractivity contribution in [3.8, 4) is 10.8 Å². The molecule has 0 unspecified atom stereocenters. The van der Waals surface area contributed by atoms with Gasteiger partial charge in [-0.25, -0.2) is 0 Å². The summed E-state index contributed by atoms with van der Waals surface area (Å²) >= 11 is 10.1. The predicted molar refractivity (Wildman–Crippen MR) is 80.8 cm³/mol. The molecule has 0 fully saturated rings. The lowest BCUT2D eigenvalue weighted by atomic mass is 10.3. The van der Waals surface area contributed by atoms with Crippen molar-refractivity contribution in [2.24, 2.45) is 0 Å². The maximum atomic E-state index is 11.0. The second-order valence-electron chi connectivity index (χ2n) is 3.93. The van der Waals surface area contributed by atoms with Gasteiger partial charge < -0.3 is 9.84 Å². The molecule has 1 aromatic heterocycles. The number of ether oxygens (including phenoxy) is 1. The molecule has 20 heavy (non-hydrogen) atoms. The molecule has 1 heterocycles. The molecule has 106 valence electrons. The molecule has 2 rings (SSSR count). The van der Waals surface area contributed by atoms with E-state index in [2.05, 4.69) is 15.9 Å². The Morgan fingerprint density at radius 3 is 2.75 bits per heavy atom.